The van der Waals surface area contributed by atoms with E-state index in [2.05, 4.69) is 23.7 Å². The van der Waals surface area contributed by atoms with Gasteiger partial charge in [0.05, 0.1) is 13.2 Å². The minimum atomic E-state index is -0.182. The minimum Gasteiger partial charge on any atom is -0.464 e. The van der Waals surface area contributed by atoms with Crippen LogP contribution in [0.2, 0.25) is 0 Å². The molecule has 3 rings (SSSR count). The van der Waals surface area contributed by atoms with E-state index in [1.54, 1.807) is 16.2 Å². The molecule has 23 heavy (non-hydrogen) atoms. The topological polar surface area (TPSA) is 54.7 Å². The van der Waals surface area contributed by atoms with E-state index in [4.69, 9.17) is 9.15 Å². The van der Waals surface area contributed by atoms with Crippen molar-refractivity contribution in [2.24, 2.45) is 0 Å². The standard InChI is InChI=1S/C17H22N2O3S/c1-12(16-4-3-9-23-16)10-18-17(20)19-7-8-21-15(11-19)14-6-5-13(2)22-14/h3-6,9,12,15H,7-8,10-11H2,1-2H3,(H,18,20). The van der Waals surface area contributed by atoms with Crippen molar-refractivity contribution in [1.82, 2.24) is 10.2 Å². The van der Waals surface area contributed by atoms with Crippen LogP contribution in [0.3, 0.4) is 0 Å². The van der Waals surface area contributed by atoms with Gasteiger partial charge in [0, 0.05) is 23.9 Å². The van der Waals surface area contributed by atoms with E-state index in [1.807, 2.05) is 25.1 Å². The zero-order valence-electron chi connectivity index (χ0n) is 13.5. The molecule has 6 heteroatoms. The Morgan fingerprint density at radius 3 is 3.04 bits per heavy atom. The number of carbonyl (C=O) groups excluding carboxylic acids is 1. The Morgan fingerprint density at radius 1 is 1.48 bits per heavy atom. The summed E-state index contributed by atoms with van der Waals surface area (Å²) in [6.07, 6.45) is -0.182. The molecule has 1 aliphatic heterocycles. The summed E-state index contributed by atoms with van der Waals surface area (Å²) in [4.78, 5) is 15.5. The highest BCUT2D eigenvalue weighted by molar-refractivity contribution is 7.10. The average Bonchev–Trinajstić information content (AvgIpc) is 3.24. The Morgan fingerprint density at radius 2 is 2.35 bits per heavy atom. The third-order valence-corrected chi connectivity index (χ3v) is 5.12. The Labute approximate surface area is 140 Å². The molecule has 5 nitrogen and oxygen atoms in total. The number of morpholine rings is 1. The van der Waals surface area contributed by atoms with Gasteiger partial charge >= 0.3 is 6.03 Å². The van der Waals surface area contributed by atoms with Gasteiger partial charge in [-0.1, -0.05) is 13.0 Å². The van der Waals surface area contributed by atoms with Gasteiger partial charge in [-0.2, -0.15) is 0 Å². The largest absolute Gasteiger partial charge is 0.464 e. The van der Waals surface area contributed by atoms with Crippen LogP contribution >= 0.6 is 11.3 Å². The van der Waals surface area contributed by atoms with E-state index in [0.29, 0.717) is 32.2 Å². The lowest BCUT2D eigenvalue weighted by Gasteiger charge is -2.32. The number of amides is 2. The molecule has 2 amide bonds. The number of urea groups is 1. The second kappa shape index (κ2) is 7.19. The molecule has 124 valence electrons. The van der Waals surface area contributed by atoms with Crippen LogP contribution in [0.5, 0.6) is 0 Å². The van der Waals surface area contributed by atoms with Crippen LogP contribution in [-0.4, -0.2) is 37.2 Å². The summed E-state index contributed by atoms with van der Waals surface area (Å²) in [6, 6.07) is 7.94. The van der Waals surface area contributed by atoms with Crippen molar-refractivity contribution in [3.05, 3.63) is 46.0 Å². The summed E-state index contributed by atoms with van der Waals surface area (Å²) in [5.41, 5.74) is 0. The number of aryl methyl sites for hydroxylation is 1. The summed E-state index contributed by atoms with van der Waals surface area (Å²) < 4.78 is 11.3. The maximum Gasteiger partial charge on any atom is 0.317 e. The van der Waals surface area contributed by atoms with Crippen molar-refractivity contribution in [3.63, 3.8) is 0 Å². The Balaban J connectivity index is 1.53. The number of hydrogen-bond donors (Lipinski definition) is 1. The molecule has 1 aliphatic rings. The number of furan rings is 1. The highest BCUT2D eigenvalue weighted by atomic mass is 32.1. The van der Waals surface area contributed by atoms with Crippen LogP contribution in [0.4, 0.5) is 4.79 Å². The van der Waals surface area contributed by atoms with Crippen LogP contribution in [0.1, 0.15) is 35.3 Å². The van der Waals surface area contributed by atoms with Gasteiger partial charge < -0.3 is 19.4 Å². The fraction of sp³-hybridized carbons (Fsp3) is 0.471. The summed E-state index contributed by atoms with van der Waals surface area (Å²) in [6.45, 7) is 6.32. The van der Waals surface area contributed by atoms with Crippen molar-refractivity contribution >= 4 is 17.4 Å². The highest BCUT2D eigenvalue weighted by Crippen LogP contribution is 2.24. The Bertz CT molecular complexity index is 638. The van der Waals surface area contributed by atoms with Crippen LogP contribution in [0, 0.1) is 6.92 Å². The third-order valence-electron chi connectivity index (χ3n) is 4.02. The summed E-state index contributed by atoms with van der Waals surface area (Å²) in [5.74, 6) is 1.96. The van der Waals surface area contributed by atoms with Gasteiger partial charge in [0.25, 0.3) is 0 Å². The summed E-state index contributed by atoms with van der Waals surface area (Å²) in [5, 5.41) is 5.09. The van der Waals surface area contributed by atoms with Gasteiger partial charge in [-0.15, -0.1) is 11.3 Å². The van der Waals surface area contributed by atoms with Gasteiger partial charge in [-0.25, -0.2) is 4.79 Å². The van der Waals surface area contributed by atoms with Gasteiger partial charge in [0.2, 0.25) is 0 Å². The van der Waals surface area contributed by atoms with E-state index < -0.39 is 0 Å². The first-order chi connectivity index (χ1) is 11.1. The fourth-order valence-electron chi connectivity index (χ4n) is 2.66. The first kappa shape index (κ1) is 16.1. The quantitative estimate of drug-likeness (QED) is 0.930. The lowest BCUT2D eigenvalue weighted by Crippen LogP contribution is -2.47. The van der Waals surface area contributed by atoms with Gasteiger partial charge in [0.15, 0.2) is 0 Å². The monoisotopic (exact) mass is 334 g/mol. The molecule has 2 atom stereocenters. The first-order valence-corrected chi connectivity index (χ1v) is 8.75. The predicted molar refractivity (Wildman–Crippen MR) is 89.8 cm³/mol. The number of carbonyl (C=O) groups is 1. The normalized spacial score (nSPS) is 19.6. The van der Waals surface area contributed by atoms with Crippen LogP contribution in [0.25, 0.3) is 0 Å². The number of thiophene rings is 1. The zero-order chi connectivity index (χ0) is 16.2. The molecule has 0 spiro atoms. The minimum absolute atomic E-state index is 0.0371. The van der Waals surface area contributed by atoms with Gasteiger partial charge in [-0.3, -0.25) is 0 Å². The van der Waals surface area contributed by atoms with Crippen molar-refractivity contribution in [2.45, 2.75) is 25.9 Å². The molecule has 2 aromatic heterocycles. The molecule has 0 aromatic carbocycles. The number of ether oxygens (including phenoxy) is 1. The van der Waals surface area contributed by atoms with Crippen molar-refractivity contribution in [3.8, 4) is 0 Å². The molecule has 1 saturated heterocycles. The molecule has 2 aromatic rings. The second-order valence-electron chi connectivity index (χ2n) is 5.86. The summed E-state index contributed by atoms with van der Waals surface area (Å²) in [7, 11) is 0. The average molecular weight is 334 g/mol. The number of nitrogens with one attached hydrogen (secondary N) is 1. The smallest absolute Gasteiger partial charge is 0.317 e. The molecule has 0 bridgehead atoms. The van der Waals surface area contributed by atoms with E-state index in [1.165, 1.54) is 4.88 Å². The van der Waals surface area contributed by atoms with E-state index in [9.17, 15) is 4.79 Å². The molecular weight excluding hydrogens is 312 g/mol. The van der Waals surface area contributed by atoms with Gasteiger partial charge in [-0.05, 0) is 30.5 Å². The summed E-state index contributed by atoms with van der Waals surface area (Å²) >= 11 is 1.72. The third kappa shape index (κ3) is 3.95. The second-order valence-corrected chi connectivity index (χ2v) is 6.84. The van der Waals surface area contributed by atoms with Crippen LogP contribution in [-0.2, 0) is 4.74 Å². The molecule has 1 fully saturated rings. The predicted octanol–water partition coefficient (Wildman–Crippen LogP) is 3.54. The lowest BCUT2D eigenvalue weighted by molar-refractivity contribution is -0.0263. The SMILES string of the molecule is Cc1ccc(C2CN(C(=O)NCC(C)c3cccs3)CCO2)o1. The molecule has 0 aliphatic carbocycles. The van der Waals surface area contributed by atoms with Crippen LogP contribution < -0.4 is 5.32 Å². The Hall–Kier alpha value is -1.79. The van der Waals surface area contributed by atoms with E-state index >= 15 is 0 Å². The molecule has 0 radical (unpaired) electrons. The molecule has 0 saturated carbocycles. The number of hydrogen-bond acceptors (Lipinski definition) is 4. The highest BCUT2D eigenvalue weighted by Gasteiger charge is 2.27. The molecule has 3 heterocycles. The van der Waals surface area contributed by atoms with Crippen molar-refractivity contribution in [2.75, 3.05) is 26.2 Å². The lowest BCUT2D eigenvalue weighted by atomic mass is 10.1. The molecular formula is C17H22N2O3S. The maximum atomic E-state index is 12.4. The van der Waals surface area contributed by atoms with Crippen LogP contribution in [0.15, 0.2) is 34.1 Å². The number of nitrogens with zero attached hydrogens (tertiary/aromatic N) is 1. The number of rotatable bonds is 4. The first-order valence-electron chi connectivity index (χ1n) is 7.87. The maximum absolute atomic E-state index is 12.4. The zero-order valence-corrected chi connectivity index (χ0v) is 14.3. The molecule has 2 unspecified atom stereocenters. The van der Waals surface area contributed by atoms with Crippen molar-refractivity contribution < 1.29 is 13.9 Å². The molecule has 1 N–H and O–H groups in total. The van der Waals surface area contributed by atoms with E-state index in [-0.39, 0.29) is 12.1 Å². The fourth-order valence-corrected chi connectivity index (χ4v) is 3.44. The van der Waals surface area contributed by atoms with E-state index in [0.717, 1.165) is 11.5 Å². The Kier molecular flexibility index (Phi) is 5.03. The van der Waals surface area contributed by atoms with Gasteiger partial charge in [0.1, 0.15) is 17.6 Å². The van der Waals surface area contributed by atoms with Crippen molar-refractivity contribution in [1.29, 1.82) is 0 Å².